The van der Waals surface area contributed by atoms with Crippen molar-refractivity contribution in [2.45, 2.75) is 24.8 Å². The van der Waals surface area contributed by atoms with Crippen molar-refractivity contribution in [2.24, 2.45) is 0 Å². The van der Waals surface area contributed by atoms with Gasteiger partial charge < -0.3 is 4.74 Å². The summed E-state index contributed by atoms with van der Waals surface area (Å²) in [6.07, 6.45) is 0. The van der Waals surface area contributed by atoms with Gasteiger partial charge in [0, 0.05) is 6.04 Å². The van der Waals surface area contributed by atoms with Gasteiger partial charge in [0.25, 0.3) is 0 Å². The van der Waals surface area contributed by atoms with E-state index in [-0.39, 0.29) is 10.5 Å². The number of benzene rings is 2. The molecule has 0 saturated carbocycles. The molecule has 7 heteroatoms. The number of halogens is 1. The topological polar surface area (TPSA) is 79.2 Å². The molecule has 2 aromatic carbocycles. The van der Waals surface area contributed by atoms with E-state index in [0.29, 0.717) is 12.4 Å². The van der Waals surface area contributed by atoms with Crippen LogP contribution in [0.2, 0.25) is 0 Å². The zero-order valence-corrected chi connectivity index (χ0v) is 14.1. The van der Waals surface area contributed by atoms with Crippen LogP contribution in [0.25, 0.3) is 0 Å². The second-order valence-corrected chi connectivity index (χ2v) is 6.82. The molecule has 0 saturated heterocycles. The Kier molecular flexibility index (Phi) is 5.54. The summed E-state index contributed by atoms with van der Waals surface area (Å²) in [5, 5.41) is 8.83. The van der Waals surface area contributed by atoms with Crippen LogP contribution < -0.4 is 9.46 Å². The number of hydrogen-bond donors (Lipinski definition) is 1. The highest BCUT2D eigenvalue weighted by Crippen LogP contribution is 2.22. The normalized spacial score (nSPS) is 12.4. The molecule has 0 heterocycles. The summed E-state index contributed by atoms with van der Waals surface area (Å²) in [5.41, 5.74) is 0.413. The minimum absolute atomic E-state index is 0.159. The van der Waals surface area contributed by atoms with Gasteiger partial charge in [-0.3, -0.25) is 0 Å². The molecular weight excluding hydrogens is 331 g/mol. The molecule has 0 spiro atoms. The van der Waals surface area contributed by atoms with Crippen molar-refractivity contribution >= 4 is 10.0 Å². The first kappa shape index (κ1) is 17.9. The van der Waals surface area contributed by atoms with E-state index in [2.05, 4.69) is 4.72 Å². The number of rotatable bonds is 6. The van der Waals surface area contributed by atoms with Crippen molar-refractivity contribution in [2.75, 3.05) is 6.61 Å². The highest BCUT2D eigenvalue weighted by Gasteiger charge is 2.20. The van der Waals surface area contributed by atoms with Crippen molar-refractivity contribution in [3.8, 4) is 11.8 Å². The van der Waals surface area contributed by atoms with Crippen molar-refractivity contribution in [3.63, 3.8) is 0 Å². The van der Waals surface area contributed by atoms with Gasteiger partial charge in [0.05, 0.1) is 17.1 Å². The van der Waals surface area contributed by atoms with Gasteiger partial charge >= 0.3 is 0 Å². The van der Waals surface area contributed by atoms with Gasteiger partial charge in [-0.2, -0.15) is 5.26 Å². The van der Waals surface area contributed by atoms with Crippen LogP contribution in [0.3, 0.4) is 0 Å². The molecular formula is C17H17FN2O3S. The molecule has 0 bridgehead atoms. The Morgan fingerprint density at radius 2 is 2.04 bits per heavy atom. The number of hydrogen-bond acceptors (Lipinski definition) is 4. The highest BCUT2D eigenvalue weighted by molar-refractivity contribution is 7.89. The summed E-state index contributed by atoms with van der Waals surface area (Å²) in [5.74, 6) is -0.108. The first-order chi connectivity index (χ1) is 11.4. The lowest BCUT2D eigenvalue weighted by molar-refractivity contribution is 0.339. The van der Waals surface area contributed by atoms with E-state index in [1.165, 1.54) is 0 Å². The van der Waals surface area contributed by atoms with E-state index >= 15 is 0 Å². The molecule has 0 fully saturated rings. The van der Waals surface area contributed by atoms with Crippen LogP contribution in [-0.2, 0) is 10.0 Å². The lowest BCUT2D eigenvalue weighted by atomic mass is 10.1. The fourth-order valence-electron chi connectivity index (χ4n) is 2.17. The van der Waals surface area contributed by atoms with Crippen LogP contribution in [-0.4, -0.2) is 15.0 Å². The second kappa shape index (κ2) is 7.43. The smallest absolute Gasteiger partial charge is 0.241 e. The largest absolute Gasteiger partial charge is 0.494 e. The predicted octanol–water partition coefficient (Wildman–Crippen LogP) is 3.14. The minimum atomic E-state index is -3.89. The summed E-state index contributed by atoms with van der Waals surface area (Å²) in [7, 11) is -3.89. The van der Waals surface area contributed by atoms with Crippen LogP contribution in [0, 0.1) is 17.1 Å². The van der Waals surface area contributed by atoms with Gasteiger partial charge in [0.2, 0.25) is 10.0 Å². The van der Waals surface area contributed by atoms with Crippen molar-refractivity contribution in [3.05, 3.63) is 59.4 Å². The van der Waals surface area contributed by atoms with Crippen molar-refractivity contribution < 1.29 is 17.5 Å². The third-order valence-corrected chi connectivity index (χ3v) is 4.91. The first-order valence-electron chi connectivity index (χ1n) is 7.32. The summed E-state index contributed by atoms with van der Waals surface area (Å²) < 4.78 is 46.1. The molecule has 0 aromatic heterocycles. The maximum absolute atomic E-state index is 13.4. The molecule has 0 radical (unpaired) electrons. The van der Waals surface area contributed by atoms with Gasteiger partial charge in [0.1, 0.15) is 17.6 Å². The van der Waals surface area contributed by atoms with Crippen LogP contribution in [0.1, 0.15) is 31.0 Å². The van der Waals surface area contributed by atoms with Gasteiger partial charge in [-0.25, -0.2) is 17.5 Å². The number of sulfonamides is 1. The Labute approximate surface area is 140 Å². The molecule has 2 aromatic rings. The fraction of sp³-hybridized carbons (Fsp3) is 0.235. The monoisotopic (exact) mass is 348 g/mol. The molecule has 0 aliphatic heterocycles. The highest BCUT2D eigenvalue weighted by atomic mass is 32.2. The standard InChI is InChI=1S/C17H17FN2O3S/c1-3-23-15-6-4-5-13(9-15)12(2)20-24(21,22)16-7-8-17(18)14(10-16)11-19/h4-10,12,20H,3H2,1-2H3. The molecule has 5 nitrogen and oxygen atoms in total. The molecule has 1 N–H and O–H groups in total. The van der Waals surface area contributed by atoms with E-state index in [0.717, 1.165) is 23.8 Å². The lowest BCUT2D eigenvalue weighted by Crippen LogP contribution is -2.27. The lowest BCUT2D eigenvalue weighted by Gasteiger charge is -2.16. The first-order valence-corrected chi connectivity index (χ1v) is 8.80. The maximum Gasteiger partial charge on any atom is 0.241 e. The maximum atomic E-state index is 13.4. The summed E-state index contributed by atoms with van der Waals surface area (Å²) in [4.78, 5) is -0.159. The van der Waals surface area contributed by atoms with Crippen molar-refractivity contribution in [1.82, 2.24) is 4.72 Å². The Morgan fingerprint density at radius 1 is 1.29 bits per heavy atom. The van der Waals surface area contributed by atoms with Gasteiger partial charge in [-0.15, -0.1) is 0 Å². The number of nitrogens with one attached hydrogen (secondary N) is 1. The Bertz CT molecular complexity index is 876. The Hall–Kier alpha value is -2.43. The Balaban J connectivity index is 2.25. The summed E-state index contributed by atoms with van der Waals surface area (Å²) in [6, 6.07) is 11.3. The van der Waals surface area contributed by atoms with Crippen molar-refractivity contribution in [1.29, 1.82) is 5.26 Å². The molecule has 126 valence electrons. The third kappa shape index (κ3) is 4.10. The van der Waals surface area contributed by atoms with Crippen LogP contribution in [0.5, 0.6) is 5.75 Å². The third-order valence-electron chi connectivity index (χ3n) is 3.37. The number of nitrogens with zero attached hydrogens (tertiary/aromatic N) is 1. The quantitative estimate of drug-likeness (QED) is 0.870. The molecule has 0 amide bonds. The molecule has 0 aliphatic rings. The van der Waals surface area contributed by atoms with Crippen LogP contribution in [0.15, 0.2) is 47.4 Å². The number of nitriles is 1. The fourth-order valence-corrected chi connectivity index (χ4v) is 3.42. The van der Waals surface area contributed by atoms with E-state index < -0.39 is 21.9 Å². The molecule has 2 rings (SSSR count). The van der Waals surface area contributed by atoms with Gasteiger partial charge in [0.15, 0.2) is 0 Å². The average Bonchev–Trinajstić information content (AvgIpc) is 2.55. The Morgan fingerprint density at radius 3 is 2.71 bits per heavy atom. The minimum Gasteiger partial charge on any atom is -0.494 e. The van der Waals surface area contributed by atoms with E-state index in [1.54, 1.807) is 37.3 Å². The second-order valence-electron chi connectivity index (χ2n) is 5.10. The summed E-state index contributed by atoms with van der Waals surface area (Å²) in [6.45, 7) is 4.06. The molecule has 1 unspecified atom stereocenters. The summed E-state index contributed by atoms with van der Waals surface area (Å²) >= 11 is 0. The SMILES string of the molecule is CCOc1cccc(C(C)NS(=O)(=O)c2ccc(F)c(C#N)c2)c1. The van der Waals surface area contributed by atoms with Gasteiger partial charge in [-0.1, -0.05) is 12.1 Å². The zero-order valence-electron chi connectivity index (χ0n) is 13.3. The average molecular weight is 348 g/mol. The predicted molar refractivity (Wildman–Crippen MR) is 87.5 cm³/mol. The van der Waals surface area contributed by atoms with E-state index in [4.69, 9.17) is 10.00 Å². The molecule has 1 atom stereocenters. The molecule has 24 heavy (non-hydrogen) atoms. The van der Waals surface area contributed by atoms with Crippen LogP contribution >= 0.6 is 0 Å². The molecule has 0 aliphatic carbocycles. The van der Waals surface area contributed by atoms with Gasteiger partial charge in [-0.05, 0) is 49.7 Å². The van der Waals surface area contributed by atoms with E-state index in [9.17, 15) is 12.8 Å². The zero-order chi connectivity index (χ0) is 17.7. The number of ether oxygens (including phenoxy) is 1. The van der Waals surface area contributed by atoms with Crippen LogP contribution in [0.4, 0.5) is 4.39 Å². The van der Waals surface area contributed by atoms with E-state index in [1.807, 2.05) is 6.92 Å².